The fraction of sp³-hybridized carbons (Fsp3) is 0.0145. The van der Waals surface area contributed by atoms with Gasteiger partial charge in [-0.2, -0.15) is 10.5 Å². The molecule has 11 aromatic carbocycles. The van der Waals surface area contributed by atoms with E-state index in [1.165, 1.54) is 20.2 Å². The lowest BCUT2D eigenvalue weighted by atomic mass is 9.98. The van der Waals surface area contributed by atoms with Crippen molar-refractivity contribution in [3.8, 4) is 46.0 Å². The van der Waals surface area contributed by atoms with Gasteiger partial charge in [-0.25, -0.2) is 0 Å². The van der Waals surface area contributed by atoms with Crippen LogP contribution >= 0.6 is 11.3 Å². The van der Waals surface area contributed by atoms with Crippen molar-refractivity contribution in [2.75, 3.05) is 0 Å². The van der Waals surface area contributed by atoms with Crippen LogP contribution in [0.1, 0.15) is 16.7 Å². The van der Waals surface area contributed by atoms with E-state index in [4.69, 9.17) is 0 Å². The van der Waals surface area contributed by atoms with E-state index in [0.29, 0.717) is 33.9 Å². The molecule has 16 rings (SSSR count). The minimum Gasteiger partial charge on any atom is -0.306 e. The lowest BCUT2D eigenvalue weighted by Crippen LogP contribution is -2.16. The predicted octanol–water partition coefficient (Wildman–Crippen LogP) is 18.2. The van der Waals surface area contributed by atoms with Crippen LogP contribution in [-0.4, -0.2) is 18.3 Å². The second kappa shape index (κ2) is 15.9. The highest BCUT2D eigenvalue weighted by Crippen LogP contribution is 2.51. The smallest absolute Gasteiger partial charge is 0.104 e. The number of fused-ring (bicyclic) bond motifs is 16. The summed E-state index contributed by atoms with van der Waals surface area (Å²) in [5.74, 6) is 0. The summed E-state index contributed by atoms with van der Waals surface area (Å²) < 4.78 is 11.5. The maximum atomic E-state index is 12.8. The number of benzene rings is 11. The molecule has 0 aliphatic rings. The zero-order valence-corrected chi connectivity index (χ0v) is 41.8. The number of aromatic nitrogens is 4. The number of para-hydroxylation sites is 6. The van der Waals surface area contributed by atoms with Gasteiger partial charge in [-0.05, 0) is 78.2 Å². The first kappa shape index (κ1) is 42.3. The summed E-state index contributed by atoms with van der Waals surface area (Å²) in [6.45, 7) is 2.16. The highest BCUT2D eigenvalue weighted by molar-refractivity contribution is 7.26. The molecule has 0 N–H and O–H groups in total. The number of hydrogen-bond acceptors (Lipinski definition) is 3. The Kier molecular flexibility index (Phi) is 8.86. The number of hydrogen-bond donors (Lipinski definition) is 0. The van der Waals surface area contributed by atoms with Gasteiger partial charge in [0.1, 0.15) is 23.3 Å². The van der Waals surface area contributed by atoms with Crippen LogP contribution in [0.4, 0.5) is 0 Å². The predicted molar refractivity (Wildman–Crippen MR) is 316 cm³/mol. The molecule has 5 heterocycles. The second-order valence-corrected chi connectivity index (χ2v) is 20.8. The quantitative estimate of drug-likeness (QED) is 0.172. The first-order chi connectivity index (χ1) is 37.6. The fourth-order valence-corrected chi connectivity index (χ4v) is 14.1. The van der Waals surface area contributed by atoms with E-state index in [2.05, 4.69) is 262 Å². The van der Waals surface area contributed by atoms with E-state index in [9.17, 15) is 10.5 Å². The Hall–Kier alpha value is -10.2. The Bertz CT molecular complexity index is 5130. The van der Waals surface area contributed by atoms with Crippen LogP contribution in [0.15, 0.2) is 224 Å². The monoisotopic (exact) mass is 984 g/mol. The summed E-state index contributed by atoms with van der Waals surface area (Å²) in [5, 5.41) is 36.4. The molecule has 0 aliphatic carbocycles. The molecule has 0 amide bonds. The van der Waals surface area contributed by atoms with Gasteiger partial charge in [-0.1, -0.05) is 170 Å². The minimum atomic E-state index is 0.427. The molecule has 6 nitrogen and oxygen atoms in total. The molecule has 0 saturated carbocycles. The van der Waals surface area contributed by atoms with Crippen molar-refractivity contribution in [2.45, 2.75) is 6.92 Å². The Morgan fingerprint density at radius 2 is 0.697 bits per heavy atom. The van der Waals surface area contributed by atoms with Crippen molar-refractivity contribution in [3.05, 3.63) is 241 Å². The third-order valence-corrected chi connectivity index (χ3v) is 17.2. The molecule has 0 saturated heterocycles. The highest BCUT2D eigenvalue weighted by atomic mass is 32.1. The van der Waals surface area contributed by atoms with Gasteiger partial charge >= 0.3 is 0 Å². The first-order valence-corrected chi connectivity index (χ1v) is 26.4. The third-order valence-electron chi connectivity index (χ3n) is 16.0. The summed E-state index contributed by atoms with van der Waals surface area (Å²) in [6, 6.07) is 85.2. The number of nitrogens with zero attached hydrogens (tertiary/aromatic N) is 6. The summed E-state index contributed by atoms with van der Waals surface area (Å²) in [6.07, 6.45) is 0. The van der Waals surface area contributed by atoms with E-state index in [-0.39, 0.29) is 0 Å². The van der Waals surface area contributed by atoms with Crippen LogP contribution in [-0.2, 0) is 0 Å². The number of rotatable bonds is 5. The van der Waals surface area contributed by atoms with Gasteiger partial charge in [-0.15, -0.1) is 11.3 Å². The lowest BCUT2D eigenvalue weighted by Gasteiger charge is -2.27. The molecule has 0 spiro atoms. The fourth-order valence-electron chi connectivity index (χ4n) is 12.9. The van der Waals surface area contributed by atoms with E-state index < -0.39 is 0 Å². The van der Waals surface area contributed by atoms with Gasteiger partial charge in [0, 0.05) is 63.3 Å². The maximum Gasteiger partial charge on any atom is 0.104 e. The first-order valence-electron chi connectivity index (χ1n) is 25.6. The van der Waals surface area contributed by atoms with Crippen LogP contribution in [0, 0.1) is 29.6 Å². The van der Waals surface area contributed by atoms with Gasteiger partial charge < -0.3 is 18.3 Å². The maximum absolute atomic E-state index is 12.8. The van der Waals surface area contributed by atoms with Crippen molar-refractivity contribution in [1.29, 1.82) is 10.5 Å². The van der Waals surface area contributed by atoms with E-state index in [1.807, 2.05) is 0 Å². The van der Waals surface area contributed by atoms with Gasteiger partial charge in [0.25, 0.3) is 0 Å². The Morgan fingerprint density at radius 3 is 1.13 bits per heavy atom. The molecule has 5 aromatic heterocycles. The molecule has 0 aliphatic heterocycles. The molecule has 0 atom stereocenters. The standard InChI is InChI=1S/C69H40N6S/c1-41-18-2-3-19-43(41)42-34-35-52-62(38-42)75(61-37-36-51-50-26-10-17-33-63(50)76-69(51)64(52)61)68-54(40-71)66(73-57-29-13-6-22-46(57)47-23-7-14-30-58(47)73)65(72-55-27-11-4-20-44(55)45-21-5-12-28-56(45)72)53(39-70)67(68)74-59-31-15-8-24-48(59)49-25-9-16-32-60(49)74/h2-38H,1H3. The zero-order chi connectivity index (χ0) is 50.3. The molecule has 76 heavy (non-hydrogen) atoms. The molecule has 0 bridgehead atoms. The van der Waals surface area contributed by atoms with E-state index >= 15 is 0 Å². The third kappa shape index (κ3) is 5.61. The van der Waals surface area contributed by atoms with Gasteiger partial charge in [0.15, 0.2) is 0 Å². The number of aryl methyl sites for hydroxylation is 1. The van der Waals surface area contributed by atoms with Crippen molar-refractivity contribution >= 4 is 119 Å². The SMILES string of the molecule is Cc1ccccc1-c1ccc2c3c4sc5ccccc5c4ccc3n(-c3c(C#N)c(-n4c5ccccc5c5ccccc54)c(-n4c5ccccc5c5ccccc54)c(C#N)c3-n3c4ccccc4c4ccccc43)c2c1. The molecule has 0 radical (unpaired) electrons. The average molecular weight is 985 g/mol. The highest BCUT2D eigenvalue weighted by Gasteiger charge is 2.35. The summed E-state index contributed by atoms with van der Waals surface area (Å²) in [5.41, 5.74) is 14.1. The van der Waals surface area contributed by atoms with Crippen LogP contribution in [0.2, 0.25) is 0 Å². The van der Waals surface area contributed by atoms with Crippen LogP contribution in [0.25, 0.3) is 141 Å². The van der Waals surface area contributed by atoms with Crippen LogP contribution in [0.3, 0.4) is 0 Å². The van der Waals surface area contributed by atoms with E-state index in [0.717, 1.165) is 104 Å². The van der Waals surface area contributed by atoms with Crippen molar-refractivity contribution in [3.63, 3.8) is 0 Å². The normalized spacial score (nSPS) is 12.0. The Labute approximate surface area is 439 Å². The molecule has 7 heteroatoms. The van der Waals surface area contributed by atoms with Crippen LogP contribution in [0.5, 0.6) is 0 Å². The largest absolute Gasteiger partial charge is 0.306 e. The molecule has 0 unspecified atom stereocenters. The minimum absolute atomic E-state index is 0.427. The van der Waals surface area contributed by atoms with Gasteiger partial charge in [0.05, 0.1) is 66.9 Å². The number of thiophene rings is 1. The lowest BCUT2D eigenvalue weighted by molar-refractivity contribution is 1.02. The van der Waals surface area contributed by atoms with Gasteiger partial charge in [-0.3, -0.25) is 0 Å². The summed E-state index contributed by atoms with van der Waals surface area (Å²) in [4.78, 5) is 0. The van der Waals surface area contributed by atoms with Gasteiger partial charge in [0.2, 0.25) is 0 Å². The van der Waals surface area contributed by atoms with Crippen molar-refractivity contribution in [2.24, 2.45) is 0 Å². The van der Waals surface area contributed by atoms with E-state index in [1.54, 1.807) is 11.3 Å². The van der Waals surface area contributed by atoms with Crippen molar-refractivity contribution < 1.29 is 0 Å². The average Bonchev–Trinajstić information content (AvgIpc) is 4.33. The Balaban J connectivity index is 1.22. The molecule has 0 fully saturated rings. The molecular weight excluding hydrogens is 945 g/mol. The van der Waals surface area contributed by atoms with Crippen molar-refractivity contribution in [1.82, 2.24) is 18.3 Å². The van der Waals surface area contributed by atoms with Crippen LogP contribution < -0.4 is 0 Å². The summed E-state index contributed by atoms with van der Waals surface area (Å²) in [7, 11) is 0. The Morgan fingerprint density at radius 1 is 0.329 bits per heavy atom. The molecule has 16 aromatic rings. The molecular formula is C69H40N6S. The second-order valence-electron chi connectivity index (χ2n) is 19.8. The molecule has 352 valence electrons. The number of nitriles is 2. The summed E-state index contributed by atoms with van der Waals surface area (Å²) >= 11 is 1.80. The topological polar surface area (TPSA) is 67.3 Å². The zero-order valence-electron chi connectivity index (χ0n) is 41.0.